The fourth-order valence-electron chi connectivity index (χ4n) is 3.00. The van der Waals surface area contributed by atoms with Crippen LogP contribution in [0.2, 0.25) is 0 Å². The Labute approximate surface area is 176 Å². The molecule has 0 aliphatic rings. The maximum Gasteiger partial charge on any atom is 0.277 e. The van der Waals surface area contributed by atoms with Gasteiger partial charge in [0.15, 0.2) is 5.82 Å². The van der Waals surface area contributed by atoms with Crippen LogP contribution in [0.3, 0.4) is 0 Å². The van der Waals surface area contributed by atoms with Gasteiger partial charge in [-0.25, -0.2) is 19.3 Å². The second kappa shape index (κ2) is 7.64. The van der Waals surface area contributed by atoms with Crippen LogP contribution in [0.1, 0.15) is 26.6 Å². The molecule has 0 radical (unpaired) electrons. The number of aromatic nitrogens is 6. The van der Waals surface area contributed by atoms with Crippen molar-refractivity contribution in [2.24, 2.45) is 7.05 Å². The summed E-state index contributed by atoms with van der Waals surface area (Å²) in [5, 5.41) is 11.7. The Balaban J connectivity index is 1.61. The molecule has 0 aromatic carbocycles. The Hall–Kier alpha value is -3.66. The van der Waals surface area contributed by atoms with Gasteiger partial charge in [0, 0.05) is 19.4 Å². The topological polar surface area (TPSA) is 108 Å². The van der Waals surface area contributed by atoms with Crippen molar-refractivity contribution in [1.29, 1.82) is 0 Å². The first kappa shape index (κ1) is 19.6. The summed E-state index contributed by atoms with van der Waals surface area (Å²) in [5.74, 6) is 0.346. The molecule has 1 N–H and O–H groups in total. The Morgan fingerprint density at radius 1 is 1.17 bits per heavy atom. The van der Waals surface area contributed by atoms with Crippen LogP contribution in [0.25, 0.3) is 16.4 Å². The number of hydrogen-bond acceptors (Lipinski definition) is 7. The summed E-state index contributed by atoms with van der Waals surface area (Å²) < 4.78 is 2.92. The number of nitrogens with zero attached hydrogens (tertiary/aromatic N) is 6. The second-order valence-electron chi connectivity index (χ2n) is 6.76. The van der Waals surface area contributed by atoms with Gasteiger partial charge in [-0.1, -0.05) is 0 Å². The molecule has 0 aliphatic carbocycles. The number of carbonyl (C=O) groups excluding carboxylic acids is 1. The minimum absolute atomic E-state index is 0.239. The van der Waals surface area contributed by atoms with Crippen molar-refractivity contribution < 1.29 is 4.79 Å². The SMILES string of the molecule is Cc1nc(-c2c(C)c(C)nn(C)c2=O)sc1C(=O)Nc1ccc(-n2cccn2)nc1. The summed E-state index contributed by atoms with van der Waals surface area (Å²) in [4.78, 5) is 34.7. The summed E-state index contributed by atoms with van der Waals surface area (Å²) in [7, 11) is 1.60. The van der Waals surface area contributed by atoms with Crippen LogP contribution in [0.4, 0.5) is 5.69 Å². The van der Waals surface area contributed by atoms with E-state index < -0.39 is 0 Å². The molecule has 0 saturated carbocycles. The fourth-order valence-corrected chi connectivity index (χ4v) is 4.06. The highest BCUT2D eigenvalue weighted by Gasteiger charge is 2.21. The molecule has 0 saturated heterocycles. The summed E-state index contributed by atoms with van der Waals surface area (Å²) in [5.41, 5.74) is 2.85. The molecule has 0 fully saturated rings. The van der Waals surface area contributed by atoms with Crippen LogP contribution < -0.4 is 10.9 Å². The molecular weight excluding hydrogens is 402 g/mol. The lowest BCUT2D eigenvalue weighted by Gasteiger charge is -2.07. The summed E-state index contributed by atoms with van der Waals surface area (Å²) in [6.07, 6.45) is 5.02. The lowest BCUT2D eigenvalue weighted by Crippen LogP contribution is -2.23. The first-order chi connectivity index (χ1) is 14.3. The van der Waals surface area contributed by atoms with Crippen LogP contribution in [-0.4, -0.2) is 35.4 Å². The predicted octanol–water partition coefficient (Wildman–Crippen LogP) is 2.66. The molecule has 9 nitrogen and oxygen atoms in total. The van der Waals surface area contributed by atoms with Crippen molar-refractivity contribution in [3.63, 3.8) is 0 Å². The molecule has 0 atom stereocenters. The number of hydrogen-bond donors (Lipinski definition) is 1. The molecule has 0 aliphatic heterocycles. The van der Waals surface area contributed by atoms with E-state index in [1.807, 2.05) is 13.8 Å². The molecule has 0 bridgehead atoms. The van der Waals surface area contributed by atoms with E-state index in [0.29, 0.717) is 32.6 Å². The van der Waals surface area contributed by atoms with Gasteiger partial charge < -0.3 is 5.32 Å². The first-order valence-corrected chi connectivity index (χ1v) is 9.96. The van der Waals surface area contributed by atoms with Crippen molar-refractivity contribution >= 4 is 22.9 Å². The molecule has 0 unspecified atom stereocenters. The lowest BCUT2D eigenvalue weighted by atomic mass is 10.1. The maximum atomic E-state index is 12.8. The molecule has 4 heterocycles. The average molecular weight is 421 g/mol. The van der Waals surface area contributed by atoms with Gasteiger partial charge in [0.25, 0.3) is 11.5 Å². The van der Waals surface area contributed by atoms with Gasteiger partial charge in [0.2, 0.25) is 0 Å². The maximum absolute atomic E-state index is 12.8. The molecule has 10 heteroatoms. The Bertz CT molecular complexity index is 1290. The molecule has 152 valence electrons. The van der Waals surface area contributed by atoms with Crippen molar-refractivity contribution in [3.8, 4) is 16.4 Å². The molecule has 4 aromatic heterocycles. The third-order valence-electron chi connectivity index (χ3n) is 4.69. The smallest absolute Gasteiger partial charge is 0.277 e. The zero-order chi connectivity index (χ0) is 21.4. The van der Waals surface area contributed by atoms with E-state index in [1.165, 1.54) is 16.0 Å². The third-order valence-corrected chi connectivity index (χ3v) is 5.86. The van der Waals surface area contributed by atoms with Crippen LogP contribution in [0, 0.1) is 20.8 Å². The normalized spacial score (nSPS) is 10.9. The van der Waals surface area contributed by atoms with Crippen molar-refractivity contribution in [1.82, 2.24) is 29.5 Å². The number of pyridine rings is 1. The van der Waals surface area contributed by atoms with E-state index in [9.17, 15) is 9.59 Å². The van der Waals surface area contributed by atoms with E-state index in [4.69, 9.17) is 0 Å². The monoisotopic (exact) mass is 421 g/mol. The van der Waals surface area contributed by atoms with Crippen LogP contribution in [0.15, 0.2) is 41.6 Å². The molecular formula is C20H19N7O2S. The number of thiazole rings is 1. The number of nitrogens with one attached hydrogen (secondary N) is 1. The number of aryl methyl sites for hydroxylation is 3. The van der Waals surface area contributed by atoms with Gasteiger partial charge in [-0.3, -0.25) is 9.59 Å². The van der Waals surface area contributed by atoms with E-state index >= 15 is 0 Å². The van der Waals surface area contributed by atoms with E-state index in [1.54, 1.807) is 55.4 Å². The first-order valence-electron chi connectivity index (χ1n) is 9.15. The van der Waals surface area contributed by atoms with E-state index in [0.717, 1.165) is 11.3 Å². The van der Waals surface area contributed by atoms with Crippen LogP contribution >= 0.6 is 11.3 Å². The predicted molar refractivity (Wildman–Crippen MR) is 114 cm³/mol. The number of anilines is 1. The number of carbonyl (C=O) groups is 1. The Morgan fingerprint density at radius 2 is 1.97 bits per heavy atom. The van der Waals surface area contributed by atoms with Gasteiger partial charge in [-0.2, -0.15) is 10.2 Å². The molecule has 30 heavy (non-hydrogen) atoms. The van der Waals surface area contributed by atoms with Gasteiger partial charge in [0.05, 0.1) is 28.8 Å². The summed E-state index contributed by atoms with van der Waals surface area (Å²) >= 11 is 1.19. The van der Waals surface area contributed by atoms with E-state index in [2.05, 4.69) is 25.5 Å². The standard InChI is InChI=1S/C20H19N7O2S/c1-11-12(2)25-26(4)20(29)16(11)19-23-13(3)17(30-19)18(28)24-14-6-7-15(21-10-14)27-9-5-8-22-27/h5-10H,1-4H3,(H,24,28). The summed E-state index contributed by atoms with van der Waals surface area (Å²) in [6.45, 7) is 5.43. The fraction of sp³-hybridized carbons (Fsp3) is 0.200. The quantitative estimate of drug-likeness (QED) is 0.543. The highest BCUT2D eigenvalue weighted by Crippen LogP contribution is 2.29. The van der Waals surface area contributed by atoms with Crippen molar-refractivity contribution in [2.45, 2.75) is 20.8 Å². The third kappa shape index (κ3) is 3.52. The minimum Gasteiger partial charge on any atom is -0.320 e. The van der Waals surface area contributed by atoms with Crippen LogP contribution in [-0.2, 0) is 7.05 Å². The number of amides is 1. The zero-order valence-corrected chi connectivity index (χ0v) is 17.7. The minimum atomic E-state index is -0.301. The van der Waals surface area contributed by atoms with Crippen LogP contribution in [0.5, 0.6) is 0 Å². The average Bonchev–Trinajstić information content (AvgIpc) is 3.37. The van der Waals surface area contributed by atoms with Gasteiger partial charge >= 0.3 is 0 Å². The Morgan fingerprint density at radius 3 is 2.63 bits per heavy atom. The van der Waals surface area contributed by atoms with Crippen molar-refractivity contribution in [2.75, 3.05) is 5.32 Å². The molecule has 1 amide bonds. The molecule has 0 spiro atoms. The Kier molecular flexibility index (Phi) is 5.00. The molecule has 4 aromatic rings. The largest absolute Gasteiger partial charge is 0.320 e. The lowest BCUT2D eigenvalue weighted by molar-refractivity contribution is 0.102. The van der Waals surface area contributed by atoms with E-state index in [-0.39, 0.29) is 11.5 Å². The van der Waals surface area contributed by atoms with Gasteiger partial charge in [-0.05, 0) is 44.5 Å². The summed E-state index contributed by atoms with van der Waals surface area (Å²) in [6, 6.07) is 5.33. The molecule has 4 rings (SSSR count). The second-order valence-corrected chi connectivity index (χ2v) is 7.76. The highest BCUT2D eigenvalue weighted by atomic mass is 32.1. The highest BCUT2D eigenvalue weighted by molar-refractivity contribution is 7.17. The van der Waals surface area contributed by atoms with Gasteiger partial charge in [-0.15, -0.1) is 11.3 Å². The zero-order valence-electron chi connectivity index (χ0n) is 16.9. The van der Waals surface area contributed by atoms with Gasteiger partial charge in [0.1, 0.15) is 9.88 Å². The number of rotatable bonds is 4. The van der Waals surface area contributed by atoms with Crippen molar-refractivity contribution in [3.05, 3.63) is 69.0 Å².